The summed E-state index contributed by atoms with van der Waals surface area (Å²) in [5.74, 6) is -1.60. The summed E-state index contributed by atoms with van der Waals surface area (Å²) in [5, 5.41) is 25.7. The second kappa shape index (κ2) is 9.65. The van der Waals surface area contributed by atoms with Crippen LogP contribution >= 0.6 is 0 Å². The Morgan fingerprint density at radius 1 is 1.11 bits per heavy atom. The van der Waals surface area contributed by atoms with Crippen LogP contribution in [0.15, 0.2) is 67.2 Å². The number of nitrogens with zero attached hydrogens (tertiary/aromatic N) is 2. The maximum atomic E-state index is 14.0. The van der Waals surface area contributed by atoms with Crippen LogP contribution in [0.4, 0.5) is 15.8 Å². The zero-order valence-corrected chi connectivity index (χ0v) is 19.3. The summed E-state index contributed by atoms with van der Waals surface area (Å²) in [6.45, 7) is 5.33. The van der Waals surface area contributed by atoms with Gasteiger partial charge in [-0.15, -0.1) is 0 Å². The van der Waals surface area contributed by atoms with E-state index >= 15 is 0 Å². The van der Waals surface area contributed by atoms with Gasteiger partial charge in [-0.2, -0.15) is 5.26 Å². The minimum atomic E-state index is -1.09. The second-order valence-corrected chi connectivity index (χ2v) is 8.02. The predicted molar refractivity (Wildman–Crippen MR) is 138 cm³/mol. The van der Waals surface area contributed by atoms with Crippen molar-refractivity contribution in [2.75, 3.05) is 17.7 Å². The van der Waals surface area contributed by atoms with Gasteiger partial charge in [0, 0.05) is 23.7 Å². The van der Waals surface area contributed by atoms with Crippen LogP contribution in [0.3, 0.4) is 0 Å². The maximum Gasteiger partial charge on any atom is 0.325 e. The van der Waals surface area contributed by atoms with E-state index in [1.807, 2.05) is 49.5 Å². The van der Waals surface area contributed by atoms with Gasteiger partial charge >= 0.3 is 5.97 Å². The van der Waals surface area contributed by atoms with Crippen molar-refractivity contribution >= 4 is 34.3 Å². The molecule has 1 aromatic heterocycles. The summed E-state index contributed by atoms with van der Waals surface area (Å²) in [4.78, 5) is 16.1. The van der Waals surface area contributed by atoms with Gasteiger partial charge < -0.3 is 15.7 Å². The number of carboxylic acids is 1. The van der Waals surface area contributed by atoms with Gasteiger partial charge in [0.1, 0.15) is 23.5 Å². The van der Waals surface area contributed by atoms with Crippen molar-refractivity contribution in [3.8, 4) is 28.5 Å². The Morgan fingerprint density at radius 3 is 2.43 bits per heavy atom. The largest absolute Gasteiger partial charge is 0.480 e. The highest BCUT2D eigenvalue weighted by Crippen LogP contribution is 2.35. The first-order chi connectivity index (χ1) is 16.9. The molecule has 6 nitrogen and oxygen atoms in total. The molecule has 35 heavy (non-hydrogen) atoms. The fraction of sp³-hybridized carbons (Fsp3) is 0.107. The van der Waals surface area contributed by atoms with E-state index in [1.54, 1.807) is 6.08 Å². The molecular weight excluding hydrogens is 443 g/mol. The lowest BCUT2D eigenvalue weighted by Gasteiger charge is -2.17. The van der Waals surface area contributed by atoms with Crippen LogP contribution in [0.5, 0.6) is 0 Å². The molecule has 0 fully saturated rings. The van der Waals surface area contributed by atoms with Crippen LogP contribution in [-0.4, -0.2) is 29.1 Å². The van der Waals surface area contributed by atoms with Gasteiger partial charge in [-0.25, -0.2) is 9.37 Å². The van der Waals surface area contributed by atoms with Gasteiger partial charge in [-0.05, 0) is 53.9 Å². The first kappa shape index (κ1) is 23.5. The molecule has 0 amide bonds. The number of rotatable bonds is 7. The lowest BCUT2D eigenvalue weighted by molar-refractivity contribution is -0.137. The minimum absolute atomic E-state index is 0.149. The molecule has 4 rings (SSSR count). The number of hydrogen-bond acceptors (Lipinski definition) is 5. The molecule has 0 aliphatic rings. The molecule has 0 aliphatic heterocycles. The van der Waals surface area contributed by atoms with Gasteiger partial charge in [-0.1, -0.05) is 43.0 Å². The molecule has 0 radical (unpaired) electrons. The smallest absolute Gasteiger partial charge is 0.325 e. The van der Waals surface area contributed by atoms with Crippen LogP contribution < -0.4 is 10.6 Å². The molecule has 1 atom stereocenters. The van der Waals surface area contributed by atoms with Crippen LogP contribution in [0.25, 0.3) is 39.4 Å². The summed E-state index contributed by atoms with van der Waals surface area (Å²) in [7, 11) is 1.86. The number of aliphatic carboxylic acids is 1. The van der Waals surface area contributed by atoms with Crippen molar-refractivity contribution in [2.24, 2.45) is 0 Å². The van der Waals surface area contributed by atoms with Crippen LogP contribution in [0.1, 0.15) is 18.1 Å². The normalized spacial score (nSPS) is 11.5. The zero-order chi connectivity index (χ0) is 25.1. The number of benzene rings is 3. The van der Waals surface area contributed by atoms with Crippen molar-refractivity contribution in [1.82, 2.24) is 4.98 Å². The highest BCUT2D eigenvalue weighted by molar-refractivity contribution is 5.99. The van der Waals surface area contributed by atoms with E-state index in [2.05, 4.69) is 28.3 Å². The average Bonchev–Trinajstić information content (AvgIpc) is 2.88. The zero-order valence-electron chi connectivity index (χ0n) is 19.3. The van der Waals surface area contributed by atoms with E-state index in [9.17, 15) is 19.6 Å². The molecule has 1 heterocycles. The Morgan fingerprint density at radius 2 is 1.80 bits per heavy atom. The number of hydrogen-bond donors (Lipinski definition) is 3. The standard InChI is InChI=1S/C28H23FN4O2/c1-4-17-13-20(9-11-24(17)31-3)18-5-7-19(8-6-18)26-23(15-30)27(32-16(2)28(34)35)22-14-21(29)10-12-25(22)33-26/h4-14,16,31H,1H2,2-3H3,(H,32,33)(H,34,35). The number of anilines is 2. The van der Waals surface area contributed by atoms with E-state index in [-0.39, 0.29) is 11.3 Å². The third kappa shape index (κ3) is 4.55. The number of carboxylic acid groups (broad SMARTS) is 1. The minimum Gasteiger partial charge on any atom is -0.480 e. The van der Waals surface area contributed by atoms with Gasteiger partial charge in [-0.3, -0.25) is 4.79 Å². The topological polar surface area (TPSA) is 98.0 Å². The third-order valence-electron chi connectivity index (χ3n) is 5.82. The first-order valence-electron chi connectivity index (χ1n) is 10.9. The molecule has 0 bridgehead atoms. The molecule has 7 heteroatoms. The molecule has 3 aromatic carbocycles. The number of pyridine rings is 1. The van der Waals surface area contributed by atoms with Gasteiger partial charge in [0.15, 0.2) is 0 Å². The molecule has 0 aliphatic carbocycles. The second-order valence-electron chi connectivity index (χ2n) is 8.02. The number of halogens is 1. The fourth-order valence-corrected chi connectivity index (χ4v) is 3.94. The Labute approximate surface area is 202 Å². The van der Waals surface area contributed by atoms with E-state index in [4.69, 9.17) is 0 Å². The maximum absolute atomic E-state index is 14.0. The van der Waals surface area contributed by atoms with Gasteiger partial charge in [0.2, 0.25) is 0 Å². The molecule has 0 saturated carbocycles. The number of carbonyl (C=O) groups is 1. The Balaban J connectivity index is 1.84. The summed E-state index contributed by atoms with van der Waals surface area (Å²) >= 11 is 0. The highest BCUT2D eigenvalue weighted by atomic mass is 19.1. The van der Waals surface area contributed by atoms with Gasteiger partial charge in [0.25, 0.3) is 0 Å². The van der Waals surface area contributed by atoms with E-state index in [1.165, 1.54) is 25.1 Å². The molecule has 4 aromatic rings. The van der Waals surface area contributed by atoms with Crippen molar-refractivity contribution in [2.45, 2.75) is 13.0 Å². The number of nitrogens with one attached hydrogen (secondary N) is 2. The summed E-state index contributed by atoms with van der Waals surface area (Å²) in [6.07, 6.45) is 1.79. The van der Waals surface area contributed by atoms with Crippen LogP contribution in [-0.2, 0) is 4.79 Å². The van der Waals surface area contributed by atoms with Crippen molar-refractivity contribution < 1.29 is 14.3 Å². The Kier molecular flexibility index (Phi) is 6.47. The molecular formula is C28H23FN4O2. The molecule has 0 spiro atoms. The molecule has 3 N–H and O–H groups in total. The number of nitriles is 1. The van der Waals surface area contributed by atoms with Crippen molar-refractivity contribution in [3.05, 3.63) is 84.2 Å². The monoisotopic (exact) mass is 466 g/mol. The molecule has 0 saturated heterocycles. The molecule has 1 unspecified atom stereocenters. The summed E-state index contributed by atoms with van der Waals surface area (Å²) < 4.78 is 14.0. The Bertz CT molecular complexity index is 1490. The van der Waals surface area contributed by atoms with E-state index in [0.717, 1.165) is 22.4 Å². The Hall–Kier alpha value is -4.70. The predicted octanol–water partition coefficient (Wildman–Crippen LogP) is 6.15. The SMILES string of the molecule is C=Cc1cc(-c2ccc(-c3nc4ccc(F)cc4c(NC(C)C(=O)O)c3C#N)cc2)ccc1NC. The first-order valence-corrected chi connectivity index (χ1v) is 10.9. The summed E-state index contributed by atoms with van der Waals surface area (Å²) in [6, 6.07) is 18.8. The van der Waals surface area contributed by atoms with Crippen molar-refractivity contribution in [3.63, 3.8) is 0 Å². The number of fused-ring (bicyclic) bond motifs is 1. The van der Waals surface area contributed by atoms with Crippen LogP contribution in [0, 0.1) is 17.1 Å². The average molecular weight is 467 g/mol. The molecule has 174 valence electrons. The fourth-order valence-electron chi connectivity index (χ4n) is 3.94. The lowest BCUT2D eigenvalue weighted by atomic mass is 9.97. The van der Waals surface area contributed by atoms with Crippen LogP contribution in [0.2, 0.25) is 0 Å². The van der Waals surface area contributed by atoms with Crippen molar-refractivity contribution in [1.29, 1.82) is 5.26 Å². The van der Waals surface area contributed by atoms with E-state index in [0.29, 0.717) is 22.2 Å². The van der Waals surface area contributed by atoms with Gasteiger partial charge in [0.05, 0.1) is 16.9 Å². The highest BCUT2D eigenvalue weighted by Gasteiger charge is 2.21. The van der Waals surface area contributed by atoms with E-state index < -0.39 is 17.8 Å². The summed E-state index contributed by atoms with van der Waals surface area (Å²) in [5.41, 5.74) is 5.83. The lowest BCUT2D eigenvalue weighted by Crippen LogP contribution is -2.26. The third-order valence-corrected chi connectivity index (χ3v) is 5.82. The quantitative estimate of drug-likeness (QED) is 0.302. The number of aromatic nitrogens is 1.